The number of aryl methyl sites for hydroxylation is 1. The molecule has 70 valence electrons. The Kier molecular flexibility index (Phi) is 2.84. The second-order valence-electron chi connectivity index (χ2n) is 3.36. The molecule has 1 aromatic heterocycles. The Hall–Kier alpha value is -0.150. The average Bonchev–Trinajstić information content (AvgIpc) is 2.37. The predicted octanol–water partition coefficient (Wildman–Crippen LogP) is 3.59. The first kappa shape index (κ1) is 9.41. The first-order valence-electron chi connectivity index (χ1n) is 4.58. The van der Waals surface area contributed by atoms with Gasteiger partial charge in [0.1, 0.15) is 0 Å². The maximum atomic E-state index is 10.7. The number of thiophene rings is 1. The Labute approximate surface area is 90.3 Å². The van der Waals surface area contributed by atoms with Gasteiger partial charge in [-0.25, -0.2) is 0 Å². The Morgan fingerprint density at radius 2 is 2.00 bits per heavy atom. The van der Waals surface area contributed by atoms with Gasteiger partial charge in [-0.3, -0.25) is 4.79 Å². The van der Waals surface area contributed by atoms with Gasteiger partial charge in [0, 0.05) is 9.35 Å². The highest BCUT2D eigenvalue weighted by molar-refractivity contribution is 9.10. The number of aldehydes is 1. The minimum Gasteiger partial charge on any atom is -0.297 e. The third-order valence-electron chi connectivity index (χ3n) is 2.49. The van der Waals surface area contributed by atoms with E-state index >= 15 is 0 Å². The van der Waals surface area contributed by atoms with Crippen LogP contribution in [0.4, 0.5) is 0 Å². The lowest BCUT2D eigenvalue weighted by Gasteiger charge is -1.96. The van der Waals surface area contributed by atoms with Crippen molar-refractivity contribution in [2.75, 3.05) is 0 Å². The van der Waals surface area contributed by atoms with Crippen LogP contribution >= 0.6 is 27.3 Å². The minimum absolute atomic E-state index is 0.868. The summed E-state index contributed by atoms with van der Waals surface area (Å²) in [5, 5.41) is 0. The number of fused-ring (bicyclic) bond motifs is 1. The lowest BCUT2D eigenvalue weighted by Crippen LogP contribution is -1.84. The molecule has 1 aliphatic carbocycles. The van der Waals surface area contributed by atoms with Gasteiger partial charge in [0.2, 0.25) is 0 Å². The van der Waals surface area contributed by atoms with Crippen molar-refractivity contribution in [3.8, 4) is 0 Å². The van der Waals surface area contributed by atoms with Crippen molar-refractivity contribution < 1.29 is 4.79 Å². The van der Waals surface area contributed by atoms with Gasteiger partial charge >= 0.3 is 0 Å². The molecule has 0 radical (unpaired) electrons. The highest BCUT2D eigenvalue weighted by Gasteiger charge is 2.17. The molecule has 13 heavy (non-hydrogen) atoms. The van der Waals surface area contributed by atoms with Crippen LogP contribution in [-0.2, 0) is 12.8 Å². The minimum atomic E-state index is 0.868. The van der Waals surface area contributed by atoms with Crippen molar-refractivity contribution in [2.24, 2.45) is 0 Å². The van der Waals surface area contributed by atoms with Crippen LogP contribution in [0.3, 0.4) is 0 Å². The van der Waals surface area contributed by atoms with Crippen molar-refractivity contribution in [1.29, 1.82) is 0 Å². The Bertz CT molecular complexity index is 330. The van der Waals surface area contributed by atoms with Gasteiger partial charge < -0.3 is 0 Å². The monoisotopic (exact) mass is 258 g/mol. The molecular weight excluding hydrogens is 248 g/mol. The zero-order valence-corrected chi connectivity index (χ0v) is 9.71. The molecule has 2 rings (SSSR count). The van der Waals surface area contributed by atoms with Crippen molar-refractivity contribution in [3.63, 3.8) is 0 Å². The third kappa shape index (κ3) is 1.72. The van der Waals surface area contributed by atoms with E-state index in [0.717, 1.165) is 28.5 Å². The SMILES string of the molecule is O=Cc1sc2c(c1Br)CCCCC2. The average molecular weight is 259 g/mol. The molecule has 0 saturated carbocycles. The molecule has 0 amide bonds. The van der Waals surface area contributed by atoms with Crippen LogP contribution in [-0.4, -0.2) is 6.29 Å². The van der Waals surface area contributed by atoms with E-state index in [-0.39, 0.29) is 0 Å². The molecule has 3 heteroatoms. The van der Waals surface area contributed by atoms with E-state index in [1.807, 2.05) is 0 Å². The highest BCUT2D eigenvalue weighted by atomic mass is 79.9. The molecule has 0 bridgehead atoms. The molecule has 0 spiro atoms. The summed E-state index contributed by atoms with van der Waals surface area (Å²) in [6.07, 6.45) is 7.12. The Balaban J connectivity index is 2.44. The van der Waals surface area contributed by atoms with Crippen molar-refractivity contribution in [2.45, 2.75) is 32.1 Å². The number of carbonyl (C=O) groups excluding carboxylic acids is 1. The van der Waals surface area contributed by atoms with Gasteiger partial charge in [-0.1, -0.05) is 6.42 Å². The first-order valence-corrected chi connectivity index (χ1v) is 6.19. The molecule has 0 aliphatic heterocycles. The topological polar surface area (TPSA) is 17.1 Å². The summed E-state index contributed by atoms with van der Waals surface area (Å²) in [5.41, 5.74) is 1.39. The predicted molar refractivity (Wildman–Crippen MR) is 58.7 cm³/mol. The van der Waals surface area contributed by atoms with Crippen molar-refractivity contribution >= 4 is 33.6 Å². The summed E-state index contributed by atoms with van der Waals surface area (Å²) in [6.45, 7) is 0. The quantitative estimate of drug-likeness (QED) is 0.556. The molecule has 1 heterocycles. The summed E-state index contributed by atoms with van der Waals surface area (Å²) in [4.78, 5) is 13.0. The van der Waals surface area contributed by atoms with Crippen LogP contribution in [0, 0.1) is 0 Å². The molecule has 1 nitrogen and oxygen atoms in total. The molecule has 0 unspecified atom stereocenters. The number of carbonyl (C=O) groups is 1. The number of halogens is 1. The maximum Gasteiger partial charge on any atom is 0.161 e. The Morgan fingerprint density at radius 1 is 1.23 bits per heavy atom. The summed E-state index contributed by atoms with van der Waals surface area (Å²) < 4.78 is 1.06. The van der Waals surface area contributed by atoms with Crippen molar-refractivity contribution in [3.05, 3.63) is 19.8 Å². The standard InChI is InChI=1S/C10H11BrOS/c11-10-7-4-2-1-3-5-8(7)13-9(10)6-12/h6H,1-5H2. The summed E-state index contributed by atoms with van der Waals surface area (Å²) in [7, 11) is 0. The summed E-state index contributed by atoms with van der Waals surface area (Å²) in [5.74, 6) is 0. The Morgan fingerprint density at radius 3 is 2.77 bits per heavy atom. The molecular formula is C10H11BrOS. The lowest BCUT2D eigenvalue weighted by atomic mass is 10.1. The van der Waals surface area contributed by atoms with E-state index in [1.165, 1.54) is 29.7 Å². The highest BCUT2D eigenvalue weighted by Crippen LogP contribution is 2.36. The van der Waals surface area contributed by atoms with Crippen LogP contribution in [0.1, 0.15) is 39.4 Å². The van der Waals surface area contributed by atoms with E-state index in [1.54, 1.807) is 11.3 Å². The van der Waals surface area contributed by atoms with E-state index in [2.05, 4.69) is 15.9 Å². The van der Waals surface area contributed by atoms with E-state index < -0.39 is 0 Å². The van der Waals surface area contributed by atoms with Gasteiger partial charge in [-0.2, -0.15) is 0 Å². The van der Waals surface area contributed by atoms with Gasteiger partial charge in [0.05, 0.1) is 4.88 Å². The van der Waals surface area contributed by atoms with Crippen LogP contribution < -0.4 is 0 Å². The molecule has 0 fully saturated rings. The fourth-order valence-corrected chi connectivity index (χ4v) is 3.81. The second kappa shape index (κ2) is 3.93. The van der Waals surface area contributed by atoms with Gasteiger partial charge in [0.15, 0.2) is 6.29 Å². The van der Waals surface area contributed by atoms with E-state index in [0.29, 0.717) is 0 Å². The summed E-state index contributed by atoms with van der Waals surface area (Å²) in [6, 6.07) is 0. The number of hydrogen-bond donors (Lipinski definition) is 0. The molecule has 1 aliphatic rings. The van der Waals surface area contributed by atoms with Gasteiger partial charge in [-0.15, -0.1) is 11.3 Å². The fraction of sp³-hybridized carbons (Fsp3) is 0.500. The largest absolute Gasteiger partial charge is 0.297 e. The number of hydrogen-bond acceptors (Lipinski definition) is 2. The molecule has 1 aromatic rings. The van der Waals surface area contributed by atoms with Crippen LogP contribution in [0.5, 0.6) is 0 Å². The smallest absolute Gasteiger partial charge is 0.161 e. The van der Waals surface area contributed by atoms with Gasteiger partial charge in [0.25, 0.3) is 0 Å². The summed E-state index contributed by atoms with van der Waals surface area (Å²) >= 11 is 5.17. The zero-order valence-electron chi connectivity index (χ0n) is 7.31. The van der Waals surface area contributed by atoms with E-state index in [4.69, 9.17) is 0 Å². The zero-order chi connectivity index (χ0) is 9.26. The first-order chi connectivity index (χ1) is 6.33. The van der Waals surface area contributed by atoms with E-state index in [9.17, 15) is 4.79 Å². The fourth-order valence-electron chi connectivity index (χ4n) is 1.80. The molecule has 0 aromatic carbocycles. The molecule has 0 saturated heterocycles. The molecule has 0 atom stereocenters. The van der Waals surface area contributed by atoms with Crippen LogP contribution in [0.2, 0.25) is 0 Å². The van der Waals surface area contributed by atoms with Crippen LogP contribution in [0.25, 0.3) is 0 Å². The normalized spacial score (nSPS) is 16.4. The van der Waals surface area contributed by atoms with Crippen molar-refractivity contribution in [1.82, 2.24) is 0 Å². The second-order valence-corrected chi connectivity index (χ2v) is 5.29. The lowest BCUT2D eigenvalue weighted by molar-refractivity contribution is 0.112. The van der Waals surface area contributed by atoms with Crippen LogP contribution in [0.15, 0.2) is 4.47 Å². The third-order valence-corrected chi connectivity index (χ3v) is 4.87. The number of rotatable bonds is 1. The molecule has 0 N–H and O–H groups in total. The maximum absolute atomic E-state index is 10.7. The van der Waals surface area contributed by atoms with Gasteiger partial charge in [-0.05, 0) is 47.2 Å².